The first kappa shape index (κ1) is 15.0. The summed E-state index contributed by atoms with van der Waals surface area (Å²) in [4.78, 5) is 16.1. The number of nitrogens with two attached hydrogens (primary N) is 1. The molecule has 6 nitrogen and oxygen atoms in total. The van der Waals surface area contributed by atoms with Crippen LogP contribution in [0.5, 0.6) is 0 Å². The molecule has 0 spiro atoms. The fraction of sp³-hybridized carbons (Fsp3) is 0.643. The standard InChI is InChI=1S/C14H24N4O2/c1-10-12(6-13(20-10)14(19)16-15)9-18(3)8-11-4-5-17(2)7-11/h6,11H,4-5,7-9,15H2,1-3H3,(H,16,19). The number of hydrogen-bond donors (Lipinski definition) is 2. The average Bonchev–Trinajstić information content (AvgIpc) is 2.96. The zero-order chi connectivity index (χ0) is 14.7. The van der Waals surface area contributed by atoms with Crippen LogP contribution in [0.3, 0.4) is 0 Å². The fourth-order valence-electron chi connectivity index (χ4n) is 2.83. The van der Waals surface area contributed by atoms with Crippen LogP contribution in [0, 0.1) is 12.8 Å². The Hall–Kier alpha value is -1.37. The Morgan fingerprint density at radius 2 is 2.40 bits per heavy atom. The van der Waals surface area contributed by atoms with E-state index >= 15 is 0 Å². The van der Waals surface area contributed by atoms with Crippen molar-refractivity contribution in [2.45, 2.75) is 19.9 Å². The third-order valence-electron chi connectivity index (χ3n) is 3.87. The van der Waals surface area contributed by atoms with E-state index in [0.717, 1.165) is 36.9 Å². The lowest BCUT2D eigenvalue weighted by Gasteiger charge is -2.20. The molecule has 2 heterocycles. The monoisotopic (exact) mass is 280 g/mol. The zero-order valence-electron chi connectivity index (χ0n) is 12.5. The molecule has 0 bridgehead atoms. The number of hydrazine groups is 1. The van der Waals surface area contributed by atoms with Gasteiger partial charge in [0.05, 0.1) is 0 Å². The summed E-state index contributed by atoms with van der Waals surface area (Å²) in [6.45, 7) is 6.07. The van der Waals surface area contributed by atoms with E-state index in [1.165, 1.54) is 13.0 Å². The molecule has 6 heteroatoms. The van der Waals surface area contributed by atoms with Crippen molar-refractivity contribution in [3.8, 4) is 0 Å². The van der Waals surface area contributed by atoms with Gasteiger partial charge in [-0.05, 0) is 46.0 Å². The second-order valence-electron chi connectivity index (χ2n) is 5.78. The Kier molecular flexibility index (Phi) is 4.80. The molecule has 20 heavy (non-hydrogen) atoms. The molecule has 1 aliphatic heterocycles. The Morgan fingerprint density at radius 3 is 3.00 bits per heavy atom. The van der Waals surface area contributed by atoms with Crippen LogP contribution in [0.15, 0.2) is 10.5 Å². The number of carbonyl (C=O) groups is 1. The van der Waals surface area contributed by atoms with E-state index in [2.05, 4.69) is 29.3 Å². The molecule has 1 aromatic heterocycles. The van der Waals surface area contributed by atoms with Crippen LogP contribution in [0.25, 0.3) is 0 Å². The van der Waals surface area contributed by atoms with Gasteiger partial charge in [-0.1, -0.05) is 0 Å². The van der Waals surface area contributed by atoms with E-state index in [-0.39, 0.29) is 11.7 Å². The second kappa shape index (κ2) is 6.39. The summed E-state index contributed by atoms with van der Waals surface area (Å²) in [7, 11) is 4.27. The molecule has 1 amide bonds. The van der Waals surface area contributed by atoms with Gasteiger partial charge in [0.1, 0.15) is 5.76 Å². The number of nitrogen functional groups attached to an aromatic ring is 1. The van der Waals surface area contributed by atoms with Crippen LogP contribution >= 0.6 is 0 Å². The molecule has 1 saturated heterocycles. The van der Waals surface area contributed by atoms with Gasteiger partial charge in [0.2, 0.25) is 0 Å². The van der Waals surface area contributed by atoms with Crippen LogP contribution in [0.4, 0.5) is 0 Å². The Balaban J connectivity index is 1.92. The van der Waals surface area contributed by atoms with Crippen molar-refractivity contribution in [3.05, 3.63) is 23.2 Å². The highest BCUT2D eigenvalue weighted by atomic mass is 16.4. The van der Waals surface area contributed by atoms with E-state index in [4.69, 9.17) is 10.3 Å². The minimum atomic E-state index is -0.389. The van der Waals surface area contributed by atoms with Crippen molar-refractivity contribution in [1.82, 2.24) is 15.2 Å². The molecule has 1 unspecified atom stereocenters. The van der Waals surface area contributed by atoms with E-state index in [1.54, 1.807) is 6.07 Å². The number of likely N-dealkylation sites (tertiary alicyclic amines) is 1. The minimum Gasteiger partial charge on any atom is -0.456 e. The topological polar surface area (TPSA) is 74.7 Å². The number of nitrogens with one attached hydrogen (secondary N) is 1. The van der Waals surface area contributed by atoms with Gasteiger partial charge >= 0.3 is 5.91 Å². The predicted octanol–water partition coefficient (Wildman–Crippen LogP) is 0.575. The molecular weight excluding hydrogens is 256 g/mol. The van der Waals surface area contributed by atoms with Gasteiger partial charge in [0.25, 0.3) is 0 Å². The highest BCUT2D eigenvalue weighted by Crippen LogP contribution is 2.19. The predicted molar refractivity (Wildman–Crippen MR) is 77.0 cm³/mol. The number of amides is 1. The van der Waals surface area contributed by atoms with Gasteiger partial charge in [0, 0.05) is 25.2 Å². The van der Waals surface area contributed by atoms with Crippen molar-refractivity contribution in [2.24, 2.45) is 11.8 Å². The molecule has 3 N–H and O–H groups in total. The quantitative estimate of drug-likeness (QED) is 0.469. The van der Waals surface area contributed by atoms with Crippen LogP contribution in [-0.4, -0.2) is 49.4 Å². The Labute approximate surface area is 119 Å². The van der Waals surface area contributed by atoms with Crippen molar-refractivity contribution >= 4 is 5.91 Å². The number of aryl methyl sites for hydroxylation is 1. The molecular formula is C14H24N4O2. The number of hydrogen-bond acceptors (Lipinski definition) is 5. The van der Waals surface area contributed by atoms with E-state index in [9.17, 15) is 4.79 Å². The van der Waals surface area contributed by atoms with Crippen molar-refractivity contribution in [1.29, 1.82) is 0 Å². The molecule has 0 aromatic carbocycles. The lowest BCUT2D eigenvalue weighted by atomic mass is 10.1. The third kappa shape index (κ3) is 3.59. The maximum atomic E-state index is 11.4. The Morgan fingerprint density at radius 1 is 1.65 bits per heavy atom. The van der Waals surface area contributed by atoms with Gasteiger partial charge < -0.3 is 14.2 Å². The molecule has 0 aliphatic carbocycles. The first-order chi connectivity index (χ1) is 9.49. The maximum absolute atomic E-state index is 11.4. The van der Waals surface area contributed by atoms with E-state index < -0.39 is 0 Å². The number of furan rings is 1. The second-order valence-corrected chi connectivity index (χ2v) is 5.78. The van der Waals surface area contributed by atoms with Gasteiger partial charge in [-0.25, -0.2) is 5.84 Å². The summed E-state index contributed by atoms with van der Waals surface area (Å²) in [5.74, 6) is 6.50. The summed E-state index contributed by atoms with van der Waals surface area (Å²) >= 11 is 0. The molecule has 1 aromatic rings. The summed E-state index contributed by atoms with van der Waals surface area (Å²) in [5, 5.41) is 0. The Bertz CT molecular complexity index is 472. The minimum absolute atomic E-state index is 0.272. The van der Waals surface area contributed by atoms with Gasteiger partial charge in [-0.3, -0.25) is 10.2 Å². The van der Waals surface area contributed by atoms with Crippen LogP contribution in [0.1, 0.15) is 28.3 Å². The summed E-state index contributed by atoms with van der Waals surface area (Å²) < 4.78 is 5.43. The zero-order valence-corrected chi connectivity index (χ0v) is 12.5. The first-order valence-corrected chi connectivity index (χ1v) is 6.97. The van der Waals surface area contributed by atoms with Gasteiger partial charge in [-0.15, -0.1) is 0 Å². The molecule has 0 saturated carbocycles. The number of nitrogens with zero attached hydrogens (tertiary/aromatic N) is 2. The van der Waals surface area contributed by atoms with Crippen LogP contribution in [-0.2, 0) is 6.54 Å². The molecule has 1 atom stereocenters. The van der Waals surface area contributed by atoms with Crippen molar-refractivity contribution in [2.75, 3.05) is 33.7 Å². The first-order valence-electron chi connectivity index (χ1n) is 6.97. The third-order valence-corrected chi connectivity index (χ3v) is 3.87. The van der Waals surface area contributed by atoms with E-state index in [1.807, 2.05) is 6.92 Å². The fourth-order valence-corrected chi connectivity index (χ4v) is 2.83. The normalized spacial score (nSPS) is 19.8. The molecule has 1 fully saturated rings. The molecule has 1 aliphatic rings. The largest absolute Gasteiger partial charge is 0.456 e. The SMILES string of the molecule is Cc1oc(C(=O)NN)cc1CN(C)CC1CCN(C)C1. The maximum Gasteiger partial charge on any atom is 0.300 e. The summed E-state index contributed by atoms with van der Waals surface area (Å²) in [6, 6.07) is 1.77. The van der Waals surface area contributed by atoms with Gasteiger partial charge in [0.15, 0.2) is 5.76 Å². The number of carbonyl (C=O) groups excluding carboxylic acids is 1. The summed E-state index contributed by atoms with van der Waals surface area (Å²) in [5.41, 5.74) is 3.13. The molecule has 112 valence electrons. The lowest BCUT2D eigenvalue weighted by molar-refractivity contribution is 0.0924. The highest BCUT2D eigenvalue weighted by Gasteiger charge is 2.21. The smallest absolute Gasteiger partial charge is 0.300 e. The van der Waals surface area contributed by atoms with Crippen LogP contribution in [0.2, 0.25) is 0 Å². The van der Waals surface area contributed by atoms with E-state index in [0.29, 0.717) is 0 Å². The lowest BCUT2D eigenvalue weighted by Crippen LogP contribution is -2.29. The average molecular weight is 280 g/mol. The molecule has 2 rings (SSSR count). The number of rotatable bonds is 5. The summed E-state index contributed by atoms with van der Waals surface area (Å²) in [6.07, 6.45) is 1.26. The highest BCUT2D eigenvalue weighted by molar-refractivity contribution is 5.91. The van der Waals surface area contributed by atoms with Gasteiger partial charge in [-0.2, -0.15) is 0 Å². The van der Waals surface area contributed by atoms with Crippen LogP contribution < -0.4 is 11.3 Å². The van der Waals surface area contributed by atoms with Crippen molar-refractivity contribution in [3.63, 3.8) is 0 Å². The van der Waals surface area contributed by atoms with Crippen molar-refractivity contribution < 1.29 is 9.21 Å². The molecule has 0 radical (unpaired) electrons.